The van der Waals surface area contributed by atoms with Gasteiger partial charge in [-0.3, -0.25) is 0 Å². The Morgan fingerprint density at radius 1 is 1.33 bits per heavy atom. The van der Waals surface area contributed by atoms with E-state index in [1.165, 1.54) is 0 Å². The molecule has 0 unspecified atom stereocenters. The SMILES string of the molecule is Cc1cc([C@H](O)c2ccco2)ccc1Cl. The van der Waals surface area contributed by atoms with Gasteiger partial charge in [0.25, 0.3) is 0 Å². The third-order valence-electron chi connectivity index (χ3n) is 2.31. The van der Waals surface area contributed by atoms with Gasteiger partial charge in [0.2, 0.25) is 0 Å². The third kappa shape index (κ3) is 2.06. The van der Waals surface area contributed by atoms with Gasteiger partial charge in [0.1, 0.15) is 11.9 Å². The smallest absolute Gasteiger partial charge is 0.137 e. The number of aliphatic hydroxyl groups excluding tert-OH is 1. The van der Waals surface area contributed by atoms with Crippen molar-refractivity contribution in [3.8, 4) is 0 Å². The Labute approximate surface area is 93.1 Å². The Morgan fingerprint density at radius 3 is 2.73 bits per heavy atom. The van der Waals surface area contributed by atoms with Gasteiger partial charge >= 0.3 is 0 Å². The highest BCUT2D eigenvalue weighted by atomic mass is 35.5. The molecule has 15 heavy (non-hydrogen) atoms. The van der Waals surface area contributed by atoms with Crippen LogP contribution in [0.25, 0.3) is 0 Å². The van der Waals surface area contributed by atoms with E-state index in [4.69, 9.17) is 16.0 Å². The molecule has 1 N–H and O–H groups in total. The number of aryl methyl sites for hydroxylation is 1. The Balaban J connectivity index is 2.34. The first-order valence-corrected chi connectivity index (χ1v) is 5.04. The number of furan rings is 1. The summed E-state index contributed by atoms with van der Waals surface area (Å²) in [6.45, 7) is 1.90. The molecule has 0 radical (unpaired) electrons. The lowest BCUT2D eigenvalue weighted by Gasteiger charge is -2.09. The number of halogens is 1. The second-order valence-corrected chi connectivity index (χ2v) is 3.83. The first-order chi connectivity index (χ1) is 7.18. The molecule has 1 atom stereocenters. The van der Waals surface area contributed by atoms with Crippen molar-refractivity contribution < 1.29 is 9.52 Å². The fraction of sp³-hybridized carbons (Fsp3) is 0.167. The van der Waals surface area contributed by atoms with Crippen LogP contribution in [-0.4, -0.2) is 5.11 Å². The molecule has 0 saturated heterocycles. The molecule has 2 aromatic rings. The molecule has 1 heterocycles. The van der Waals surface area contributed by atoms with Crippen LogP contribution in [0.15, 0.2) is 41.0 Å². The zero-order valence-corrected chi connectivity index (χ0v) is 9.03. The molecule has 0 aliphatic rings. The van der Waals surface area contributed by atoms with Gasteiger partial charge in [0.15, 0.2) is 0 Å². The highest BCUT2D eigenvalue weighted by molar-refractivity contribution is 6.31. The normalized spacial score (nSPS) is 12.7. The standard InChI is InChI=1S/C12H11ClO2/c1-8-7-9(4-5-10(8)13)12(14)11-3-2-6-15-11/h2-7,12,14H,1H3/t12-/m0/s1. The van der Waals surface area contributed by atoms with Gasteiger partial charge in [-0.2, -0.15) is 0 Å². The van der Waals surface area contributed by atoms with E-state index in [9.17, 15) is 5.11 Å². The maximum Gasteiger partial charge on any atom is 0.137 e. The molecule has 2 nitrogen and oxygen atoms in total. The van der Waals surface area contributed by atoms with Crippen LogP contribution in [0.2, 0.25) is 5.02 Å². The highest BCUT2D eigenvalue weighted by Crippen LogP contribution is 2.25. The Morgan fingerprint density at radius 2 is 2.13 bits per heavy atom. The van der Waals surface area contributed by atoms with Crippen molar-refractivity contribution in [2.24, 2.45) is 0 Å². The van der Waals surface area contributed by atoms with Crippen LogP contribution in [0.1, 0.15) is 23.0 Å². The van der Waals surface area contributed by atoms with Crippen molar-refractivity contribution in [2.45, 2.75) is 13.0 Å². The molecular formula is C12H11ClO2. The molecule has 0 spiro atoms. The first kappa shape index (κ1) is 10.3. The summed E-state index contributed by atoms with van der Waals surface area (Å²) in [5, 5.41) is 10.7. The number of hydrogen-bond acceptors (Lipinski definition) is 2. The fourth-order valence-corrected chi connectivity index (χ4v) is 1.57. The molecule has 1 aromatic heterocycles. The van der Waals surface area contributed by atoms with E-state index in [-0.39, 0.29) is 0 Å². The van der Waals surface area contributed by atoms with Crippen molar-refractivity contribution in [1.29, 1.82) is 0 Å². The zero-order chi connectivity index (χ0) is 10.8. The van der Waals surface area contributed by atoms with E-state index >= 15 is 0 Å². The number of aliphatic hydroxyl groups is 1. The lowest BCUT2D eigenvalue weighted by Crippen LogP contribution is -1.98. The molecule has 0 aliphatic carbocycles. The molecule has 1 aromatic carbocycles. The van der Waals surface area contributed by atoms with E-state index in [1.54, 1.807) is 30.5 Å². The highest BCUT2D eigenvalue weighted by Gasteiger charge is 2.13. The maximum atomic E-state index is 9.96. The molecule has 0 fully saturated rings. The summed E-state index contributed by atoms with van der Waals surface area (Å²) in [5.74, 6) is 0.539. The van der Waals surface area contributed by atoms with Gasteiger partial charge in [0, 0.05) is 5.02 Å². The minimum atomic E-state index is -0.726. The third-order valence-corrected chi connectivity index (χ3v) is 2.73. The van der Waals surface area contributed by atoms with Gasteiger partial charge in [-0.15, -0.1) is 0 Å². The van der Waals surface area contributed by atoms with Crippen LogP contribution in [0.4, 0.5) is 0 Å². The quantitative estimate of drug-likeness (QED) is 0.846. The molecule has 2 rings (SSSR count). The van der Waals surface area contributed by atoms with Crippen LogP contribution >= 0.6 is 11.6 Å². The molecular weight excluding hydrogens is 212 g/mol. The van der Waals surface area contributed by atoms with Crippen molar-refractivity contribution in [3.05, 3.63) is 58.5 Å². The lowest BCUT2D eigenvalue weighted by molar-refractivity contribution is 0.189. The fourth-order valence-electron chi connectivity index (χ4n) is 1.45. The van der Waals surface area contributed by atoms with Crippen molar-refractivity contribution in [2.75, 3.05) is 0 Å². The van der Waals surface area contributed by atoms with Gasteiger partial charge in [0.05, 0.1) is 6.26 Å². The van der Waals surface area contributed by atoms with Crippen LogP contribution in [0, 0.1) is 6.92 Å². The summed E-state index contributed by atoms with van der Waals surface area (Å²) in [6, 6.07) is 8.92. The molecule has 0 bridgehead atoms. The Kier molecular flexibility index (Phi) is 2.80. The first-order valence-electron chi connectivity index (χ1n) is 4.66. The second-order valence-electron chi connectivity index (χ2n) is 3.43. The summed E-state index contributed by atoms with van der Waals surface area (Å²) >= 11 is 5.91. The summed E-state index contributed by atoms with van der Waals surface area (Å²) in [6.07, 6.45) is 0.817. The second kappa shape index (κ2) is 4.09. The number of rotatable bonds is 2. The summed E-state index contributed by atoms with van der Waals surface area (Å²) in [7, 11) is 0. The summed E-state index contributed by atoms with van der Waals surface area (Å²) < 4.78 is 5.14. The summed E-state index contributed by atoms with van der Waals surface area (Å²) in [4.78, 5) is 0. The van der Waals surface area contributed by atoms with E-state index < -0.39 is 6.10 Å². The minimum absolute atomic E-state index is 0.539. The van der Waals surface area contributed by atoms with E-state index in [2.05, 4.69) is 0 Å². The maximum absolute atomic E-state index is 9.96. The minimum Gasteiger partial charge on any atom is -0.466 e. The van der Waals surface area contributed by atoms with Crippen LogP contribution < -0.4 is 0 Å². The molecule has 3 heteroatoms. The summed E-state index contributed by atoms with van der Waals surface area (Å²) in [5.41, 5.74) is 1.73. The van der Waals surface area contributed by atoms with Gasteiger partial charge < -0.3 is 9.52 Å². The van der Waals surface area contributed by atoms with Crippen LogP contribution in [-0.2, 0) is 0 Å². The average Bonchev–Trinajstić information content (AvgIpc) is 2.74. The molecule has 0 aliphatic heterocycles. The lowest BCUT2D eigenvalue weighted by atomic mass is 10.1. The van der Waals surface area contributed by atoms with Crippen molar-refractivity contribution in [3.63, 3.8) is 0 Å². The van der Waals surface area contributed by atoms with Crippen molar-refractivity contribution in [1.82, 2.24) is 0 Å². The van der Waals surface area contributed by atoms with E-state index in [1.807, 2.05) is 13.0 Å². The number of benzene rings is 1. The topological polar surface area (TPSA) is 33.4 Å². The number of hydrogen-bond donors (Lipinski definition) is 1. The van der Waals surface area contributed by atoms with Gasteiger partial charge in [-0.1, -0.05) is 23.7 Å². The van der Waals surface area contributed by atoms with Crippen LogP contribution in [0.3, 0.4) is 0 Å². The molecule has 0 amide bonds. The van der Waals surface area contributed by atoms with Gasteiger partial charge in [-0.05, 0) is 36.2 Å². The largest absolute Gasteiger partial charge is 0.466 e. The molecule has 78 valence electrons. The monoisotopic (exact) mass is 222 g/mol. The van der Waals surface area contributed by atoms with Gasteiger partial charge in [-0.25, -0.2) is 0 Å². The van der Waals surface area contributed by atoms with Crippen LogP contribution in [0.5, 0.6) is 0 Å². The van der Waals surface area contributed by atoms with E-state index in [0.29, 0.717) is 10.8 Å². The Hall–Kier alpha value is -1.25. The van der Waals surface area contributed by atoms with E-state index in [0.717, 1.165) is 11.1 Å². The predicted molar refractivity (Wildman–Crippen MR) is 59.0 cm³/mol. The zero-order valence-electron chi connectivity index (χ0n) is 8.27. The predicted octanol–water partition coefficient (Wildman–Crippen LogP) is 3.32. The van der Waals surface area contributed by atoms with Crippen molar-refractivity contribution >= 4 is 11.6 Å². The Bertz CT molecular complexity index is 449. The molecule has 0 saturated carbocycles. The average molecular weight is 223 g/mol.